The molecule has 3 N–H and O–H groups in total. The van der Waals surface area contributed by atoms with E-state index < -0.39 is 29.7 Å². The normalized spacial score (nSPS) is 17.0. The summed E-state index contributed by atoms with van der Waals surface area (Å²) in [6.45, 7) is 0.800. The Labute approximate surface area is 258 Å². The Bertz CT molecular complexity index is 1740. The van der Waals surface area contributed by atoms with Crippen LogP contribution in [0.25, 0.3) is 11.0 Å². The number of benzene rings is 2. The van der Waals surface area contributed by atoms with E-state index in [4.69, 9.17) is 9.15 Å². The summed E-state index contributed by atoms with van der Waals surface area (Å²) in [7, 11) is 0. The molecule has 1 fully saturated rings. The van der Waals surface area contributed by atoms with E-state index in [1.807, 2.05) is 42.5 Å². The molecule has 0 bridgehead atoms. The van der Waals surface area contributed by atoms with Crippen LogP contribution in [-0.2, 0) is 25.5 Å². The lowest BCUT2D eigenvalue weighted by molar-refractivity contribution is -0.136. The van der Waals surface area contributed by atoms with Gasteiger partial charge in [-0.3, -0.25) is 44.5 Å². The van der Waals surface area contributed by atoms with Crippen LogP contribution in [-0.4, -0.2) is 71.8 Å². The monoisotopic (exact) mass is 609 g/mol. The Balaban J connectivity index is 0.980. The molecule has 0 saturated carbocycles. The van der Waals surface area contributed by atoms with E-state index in [9.17, 15) is 24.0 Å². The van der Waals surface area contributed by atoms with Crippen molar-refractivity contribution >= 4 is 40.5 Å². The summed E-state index contributed by atoms with van der Waals surface area (Å²) < 4.78 is 11.8. The first kappa shape index (κ1) is 29.9. The van der Waals surface area contributed by atoms with Crippen LogP contribution < -0.4 is 16.0 Å². The molecule has 2 unspecified atom stereocenters. The van der Waals surface area contributed by atoms with E-state index in [0.29, 0.717) is 17.7 Å². The average Bonchev–Trinajstić information content (AvgIpc) is 3.58. The van der Waals surface area contributed by atoms with E-state index >= 15 is 0 Å². The molecule has 12 heteroatoms. The van der Waals surface area contributed by atoms with Crippen LogP contribution >= 0.6 is 0 Å². The Morgan fingerprint density at radius 3 is 2.71 bits per heavy atom. The Morgan fingerprint density at radius 2 is 1.91 bits per heavy atom. The highest BCUT2D eigenvalue weighted by Crippen LogP contribution is 2.30. The summed E-state index contributed by atoms with van der Waals surface area (Å²) in [6.07, 6.45) is 3.92. The largest absolute Gasteiger partial charge is 0.459 e. The van der Waals surface area contributed by atoms with Crippen molar-refractivity contribution in [3.05, 3.63) is 101 Å². The second-order valence-corrected chi connectivity index (χ2v) is 10.8. The molecule has 0 aliphatic carbocycles. The first-order chi connectivity index (χ1) is 21.9. The van der Waals surface area contributed by atoms with Gasteiger partial charge in [-0.15, -0.1) is 0 Å². The summed E-state index contributed by atoms with van der Waals surface area (Å²) in [6, 6.07) is 17.0. The minimum atomic E-state index is -1.02. The summed E-state index contributed by atoms with van der Waals surface area (Å²) in [5.74, 6) is -1.71. The maximum Gasteiger partial charge on any atom is 0.262 e. The molecule has 2 atom stereocenters. The molecule has 1 saturated heterocycles. The first-order valence-electron chi connectivity index (χ1n) is 14.7. The number of carbonyl (C=O) groups is 5. The predicted octanol–water partition coefficient (Wildman–Crippen LogP) is 2.28. The molecule has 12 nitrogen and oxygen atoms in total. The smallest absolute Gasteiger partial charge is 0.262 e. The van der Waals surface area contributed by atoms with E-state index in [1.54, 1.807) is 30.6 Å². The zero-order valence-electron chi connectivity index (χ0n) is 24.3. The molecule has 45 heavy (non-hydrogen) atoms. The minimum Gasteiger partial charge on any atom is -0.459 e. The molecular formula is C33H31N5O7. The third-order valence-corrected chi connectivity index (χ3v) is 7.85. The number of ether oxygens (including phenoxy) is 1. The molecule has 0 radical (unpaired) electrons. The number of hydrogen-bond donors (Lipinski definition) is 3. The number of amides is 5. The van der Waals surface area contributed by atoms with Gasteiger partial charge in [0.2, 0.25) is 17.7 Å². The number of nitrogens with one attached hydrogen (secondary N) is 3. The Hall–Kier alpha value is -5.20. The number of imide groups is 2. The summed E-state index contributed by atoms with van der Waals surface area (Å²) in [4.78, 5) is 67.9. The molecule has 2 aromatic heterocycles. The number of carbonyl (C=O) groups excluding carboxylic acids is 5. The van der Waals surface area contributed by atoms with Crippen molar-refractivity contribution in [2.45, 2.75) is 31.3 Å². The third-order valence-electron chi connectivity index (χ3n) is 7.85. The van der Waals surface area contributed by atoms with Gasteiger partial charge < -0.3 is 14.5 Å². The molecule has 2 aromatic carbocycles. The number of hydrogen-bond acceptors (Lipinski definition) is 9. The van der Waals surface area contributed by atoms with Crippen molar-refractivity contribution in [1.82, 2.24) is 25.8 Å². The van der Waals surface area contributed by atoms with Crippen molar-refractivity contribution < 1.29 is 33.1 Å². The van der Waals surface area contributed by atoms with Crippen molar-refractivity contribution in [2.24, 2.45) is 0 Å². The van der Waals surface area contributed by atoms with E-state index in [-0.39, 0.29) is 62.2 Å². The van der Waals surface area contributed by atoms with Crippen LogP contribution in [0.1, 0.15) is 56.5 Å². The van der Waals surface area contributed by atoms with Crippen molar-refractivity contribution in [1.29, 1.82) is 0 Å². The first-order valence-corrected chi connectivity index (χ1v) is 14.7. The lowest BCUT2D eigenvalue weighted by atomic mass is 10.0. The zero-order chi connectivity index (χ0) is 31.3. The summed E-state index contributed by atoms with van der Waals surface area (Å²) in [5, 5.41) is 9.25. The summed E-state index contributed by atoms with van der Waals surface area (Å²) in [5.41, 5.74) is 2.73. The fourth-order valence-electron chi connectivity index (χ4n) is 5.67. The maximum atomic E-state index is 13.2. The number of aromatic nitrogens is 1. The van der Waals surface area contributed by atoms with Gasteiger partial charge in [0.05, 0.1) is 36.9 Å². The number of nitrogens with zero attached hydrogens (tertiary/aromatic N) is 2. The number of piperidine rings is 1. The topological polar surface area (TPSA) is 160 Å². The SMILES string of the molecule is O=C(CNC(c1cccnc1)c1cc2ccccc2o1)NCCOCCc1cccc2c1C(=O)N(C1CCC(=O)NC1=O)C2=O. The predicted molar refractivity (Wildman–Crippen MR) is 161 cm³/mol. The lowest BCUT2D eigenvalue weighted by Gasteiger charge is -2.27. The molecule has 6 rings (SSSR count). The van der Waals surface area contributed by atoms with Gasteiger partial charge >= 0.3 is 0 Å². The molecule has 4 heterocycles. The van der Waals surface area contributed by atoms with Gasteiger partial charge in [-0.05, 0) is 48.2 Å². The second-order valence-electron chi connectivity index (χ2n) is 10.8. The van der Waals surface area contributed by atoms with Gasteiger partial charge in [0, 0.05) is 30.7 Å². The fourth-order valence-corrected chi connectivity index (χ4v) is 5.67. The number of para-hydroxylation sites is 1. The van der Waals surface area contributed by atoms with E-state index in [2.05, 4.69) is 20.9 Å². The average molecular weight is 610 g/mol. The molecule has 2 aliphatic heterocycles. The van der Waals surface area contributed by atoms with Crippen LogP contribution in [0.15, 0.2) is 77.5 Å². The molecule has 5 amide bonds. The van der Waals surface area contributed by atoms with Crippen LogP contribution in [0, 0.1) is 0 Å². The molecule has 4 aromatic rings. The lowest BCUT2D eigenvalue weighted by Crippen LogP contribution is -2.54. The Kier molecular flexibility index (Phi) is 8.76. The van der Waals surface area contributed by atoms with Crippen LogP contribution in [0.3, 0.4) is 0 Å². The highest BCUT2D eigenvalue weighted by Gasteiger charge is 2.45. The van der Waals surface area contributed by atoms with Crippen LogP contribution in [0.5, 0.6) is 0 Å². The van der Waals surface area contributed by atoms with Crippen molar-refractivity contribution in [2.75, 3.05) is 26.3 Å². The van der Waals surface area contributed by atoms with Gasteiger partial charge in [-0.1, -0.05) is 36.4 Å². The second kappa shape index (κ2) is 13.2. The third kappa shape index (κ3) is 6.37. The highest BCUT2D eigenvalue weighted by molar-refractivity contribution is 6.24. The standard InChI is InChI=1S/C33H31N5O7/c39-27-11-10-24(31(41)37-27)38-32(42)23-8-3-6-20(29(23)33(38)43)12-15-44-16-14-35-28(40)19-36-30(22-7-4-13-34-18-22)26-17-21-5-1-2-9-25(21)45-26/h1-9,13,17-18,24,30,36H,10-12,14-16,19H2,(H,35,40)(H,37,39,41). The van der Waals surface area contributed by atoms with E-state index in [1.165, 1.54) is 0 Å². The zero-order valence-corrected chi connectivity index (χ0v) is 24.3. The van der Waals surface area contributed by atoms with E-state index in [0.717, 1.165) is 21.4 Å². The van der Waals surface area contributed by atoms with Gasteiger partial charge in [0.15, 0.2) is 0 Å². The number of pyridine rings is 1. The van der Waals surface area contributed by atoms with Crippen LogP contribution in [0.2, 0.25) is 0 Å². The fraction of sp³-hybridized carbons (Fsp3) is 0.273. The molecule has 230 valence electrons. The highest BCUT2D eigenvalue weighted by atomic mass is 16.5. The van der Waals surface area contributed by atoms with Gasteiger partial charge in [0.25, 0.3) is 11.8 Å². The summed E-state index contributed by atoms with van der Waals surface area (Å²) >= 11 is 0. The molecule has 2 aliphatic rings. The molecular weight excluding hydrogens is 578 g/mol. The van der Waals surface area contributed by atoms with Crippen LogP contribution in [0.4, 0.5) is 0 Å². The van der Waals surface area contributed by atoms with Gasteiger partial charge in [-0.2, -0.15) is 0 Å². The minimum absolute atomic E-state index is 0.0343. The van der Waals surface area contributed by atoms with Crippen molar-refractivity contribution in [3.8, 4) is 0 Å². The number of rotatable bonds is 12. The molecule has 0 spiro atoms. The number of furan rings is 1. The maximum absolute atomic E-state index is 13.2. The van der Waals surface area contributed by atoms with Crippen molar-refractivity contribution in [3.63, 3.8) is 0 Å². The quantitative estimate of drug-likeness (QED) is 0.162. The number of fused-ring (bicyclic) bond motifs is 2. The Morgan fingerprint density at radius 1 is 1.04 bits per heavy atom. The van der Waals surface area contributed by atoms with Gasteiger partial charge in [0.1, 0.15) is 17.4 Å². The van der Waals surface area contributed by atoms with Gasteiger partial charge in [-0.25, -0.2) is 0 Å².